The van der Waals surface area contributed by atoms with Crippen LogP contribution in [0.25, 0.3) is 0 Å². The molecule has 0 atom stereocenters. The maximum absolute atomic E-state index is 12.5. The number of furan rings is 1. The molecule has 0 unspecified atom stereocenters. The van der Waals surface area contributed by atoms with Crippen molar-refractivity contribution < 1.29 is 22.3 Å². The summed E-state index contributed by atoms with van der Waals surface area (Å²) in [5.41, 5.74) is -0.906. The standard InChI is InChI=1S/C11H7ClF3NO2/c12-9-4-7(11(13,14)15)5-10(16-9)18-6-8-2-1-3-17-8/h1-5H,6H2. The van der Waals surface area contributed by atoms with Crippen molar-refractivity contribution in [2.24, 2.45) is 0 Å². The molecule has 0 aliphatic rings. The minimum absolute atomic E-state index is 0.0162. The fraction of sp³-hybridized carbons (Fsp3) is 0.182. The summed E-state index contributed by atoms with van der Waals surface area (Å²) in [5, 5.41) is -0.278. The number of hydrogen-bond acceptors (Lipinski definition) is 3. The number of hydrogen-bond donors (Lipinski definition) is 0. The minimum Gasteiger partial charge on any atom is -0.469 e. The molecule has 0 saturated carbocycles. The summed E-state index contributed by atoms with van der Waals surface area (Å²) < 4.78 is 47.6. The molecule has 7 heteroatoms. The molecule has 96 valence electrons. The van der Waals surface area contributed by atoms with Gasteiger partial charge in [0.2, 0.25) is 5.88 Å². The van der Waals surface area contributed by atoms with Crippen LogP contribution in [0.3, 0.4) is 0 Å². The van der Waals surface area contributed by atoms with Crippen molar-refractivity contribution in [3.8, 4) is 5.88 Å². The number of rotatable bonds is 3. The maximum atomic E-state index is 12.5. The fourth-order valence-corrected chi connectivity index (χ4v) is 1.45. The summed E-state index contributed by atoms with van der Waals surface area (Å²) in [6, 6.07) is 4.80. The average Bonchev–Trinajstić information content (AvgIpc) is 2.77. The predicted octanol–water partition coefficient (Wildman–Crippen LogP) is 3.93. The summed E-state index contributed by atoms with van der Waals surface area (Å²) in [5.74, 6) is 0.275. The van der Waals surface area contributed by atoms with Gasteiger partial charge in [-0.05, 0) is 18.2 Å². The number of halogens is 4. The van der Waals surface area contributed by atoms with Crippen LogP contribution in [-0.2, 0) is 12.8 Å². The molecule has 0 spiro atoms. The van der Waals surface area contributed by atoms with Crippen molar-refractivity contribution in [2.75, 3.05) is 0 Å². The molecule has 2 aromatic heterocycles. The molecular weight excluding hydrogens is 271 g/mol. The number of ether oxygens (including phenoxy) is 1. The molecule has 18 heavy (non-hydrogen) atoms. The molecule has 0 N–H and O–H groups in total. The fourth-order valence-electron chi connectivity index (χ4n) is 1.25. The first-order chi connectivity index (χ1) is 8.45. The molecule has 0 aromatic carbocycles. The molecule has 2 aromatic rings. The lowest BCUT2D eigenvalue weighted by atomic mass is 10.2. The molecule has 0 fully saturated rings. The maximum Gasteiger partial charge on any atom is 0.416 e. The Kier molecular flexibility index (Phi) is 3.47. The van der Waals surface area contributed by atoms with Crippen LogP contribution in [0, 0.1) is 0 Å². The van der Waals surface area contributed by atoms with E-state index in [-0.39, 0.29) is 17.6 Å². The van der Waals surface area contributed by atoms with E-state index < -0.39 is 11.7 Å². The van der Waals surface area contributed by atoms with Gasteiger partial charge in [0.1, 0.15) is 17.5 Å². The second-order valence-electron chi connectivity index (χ2n) is 3.38. The molecule has 2 heterocycles. The van der Waals surface area contributed by atoms with Crippen LogP contribution in [0.15, 0.2) is 34.9 Å². The van der Waals surface area contributed by atoms with Crippen LogP contribution in [-0.4, -0.2) is 4.98 Å². The van der Waals surface area contributed by atoms with Crippen molar-refractivity contribution in [3.05, 3.63) is 47.0 Å². The Balaban J connectivity index is 2.15. The Morgan fingerprint density at radius 2 is 2.11 bits per heavy atom. The Labute approximate surface area is 105 Å². The number of pyridine rings is 1. The Hall–Kier alpha value is -1.69. The Morgan fingerprint density at radius 1 is 1.33 bits per heavy atom. The first-order valence-corrected chi connectivity index (χ1v) is 5.23. The molecule has 0 amide bonds. The van der Waals surface area contributed by atoms with Crippen molar-refractivity contribution in [3.63, 3.8) is 0 Å². The van der Waals surface area contributed by atoms with Gasteiger partial charge in [-0.25, -0.2) is 4.98 Å². The van der Waals surface area contributed by atoms with E-state index in [0.29, 0.717) is 5.76 Å². The van der Waals surface area contributed by atoms with Crippen LogP contribution < -0.4 is 4.74 Å². The van der Waals surface area contributed by atoms with E-state index in [1.165, 1.54) is 6.26 Å². The smallest absolute Gasteiger partial charge is 0.416 e. The average molecular weight is 278 g/mol. The third-order valence-electron chi connectivity index (χ3n) is 2.04. The van der Waals surface area contributed by atoms with Gasteiger partial charge in [-0.15, -0.1) is 0 Å². The SMILES string of the molecule is FC(F)(F)c1cc(Cl)nc(OCc2ccco2)c1. The van der Waals surface area contributed by atoms with Gasteiger partial charge in [-0.3, -0.25) is 0 Å². The van der Waals surface area contributed by atoms with Crippen LogP contribution >= 0.6 is 11.6 Å². The molecular formula is C11H7ClF3NO2. The normalized spacial score (nSPS) is 11.6. The van der Waals surface area contributed by atoms with Gasteiger partial charge in [0, 0.05) is 6.07 Å². The lowest BCUT2D eigenvalue weighted by Gasteiger charge is -2.09. The summed E-state index contributed by atoms with van der Waals surface area (Å²) >= 11 is 5.50. The molecule has 3 nitrogen and oxygen atoms in total. The van der Waals surface area contributed by atoms with E-state index in [9.17, 15) is 13.2 Å². The van der Waals surface area contributed by atoms with Crippen LogP contribution in [0.4, 0.5) is 13.2 Å². The second kappa shape index (κ2) is 4.89. The van der Waals surface area contributed by atoms with Crippen LogP contribution in [0.2, 0.25) is 5.15 Å². The van der Waals surface area contributed by atoms with Crippen LogP contribution in [0.5, 0.6) is 5.88 Å². The van der Waals surface area contributed by atoms with E-state index in [1.54, 1.807) is 12.1 Å². The lowest BCUT2D eigenvalue weighted by molar-refractivity contribution is -0.137. The third-order valence-corrected chi connectivity index (χ3v) is 2.23. The van der Waals surface area contributed by atoms with E-state index in [1.807, 2.05) is 0 Å². The quantitative estimate of drug-likeness (QED) is 0.798. The first kappa shape index (κ1) is 12.8. The van der Waals surface area contributed by atoms with Gasteiger partial charge in [-0.2, -0.15) is 13.2 Å². The summed E-state index contributed by atoms with van der Waals surface area (Å²) in [4.78, 5) is 3.65. The van der Waals surface area contributed by atoms with Crippen molar-refractivity contribution in [1.82, 2.24) is 4.98 Å². The summed E-state index contributed by atoms with van der Waals surface area (Å²) in [6.45, 7) is -0.0162. The molecule has 0 aliphatic carbocycles. The largest absolute Gasteiger partial charge is 0.469 e. The highest BCUT2D eigenvalue weighted by Crippen LogP contribution is 2.32. The van der Waals surface area contributed by atoms with E-state index in [0.717, 1.165) is 12.1 Å². The monoisotopic (exact) mass is 277 g/mol. The molecule has 0 saturated heterocycles. The zero-order valence-corrected chi connectivity index (χ0v) is 9.63. The number of nitrogens with zero attached hydrogens (tertiary/aromatic N) is 1. The van der Waals surface area contributed by atoms with E-state index in [2.05, 4.69) is 4.98 Å². The van der Waals surface area contributed by atoms with Gasteiger partial charge in [-0.1, -0.05) is 11.6 Å². The van der Waals surface area contributed by atoms with Crippen molar-refractivity contribution in [2.45, 2.75) is 12.8 Å². The highest BCUT2D eigenvalue weighted by molar-refractivity contribution is 6.29. The van der Waals surface area contributed by atoms with Gasteiger partial charge in [0.05, 0.1) is 11.8 Å². The topological polar surface area (TPSA) is 35.3 Å². The van der Waals surface area contributed by atoms with Crippen molar-refractivity contribution >= 4 is 11.6 Å². The lowest BCUT2D eigenvalue weighted by Crippen LogP contribution is -2.06. The summed E-state index contributed by atoms with van der Waals surface area (Å²) in [7, 11) is 0. The second-order valence-corrected chi connectivity index (χ2v) is 3.77. The molecule has 2 rings (SSSR count). The minimum atomic E-state index is -4.49. The van der Waals surface area contributed by atoms with Crippen LogP contribution in [0.1, 0.15) is 11.3 Å². The third kappa shape index (κ3) is 3.16. The molecule has 0 aliphatic heterocycles. The van der Waals surface area contributed by atoms with E-state index in [4.69, 9.17) is 20.8 Å². The predicted molar refractivity (Wildman–Crippen MR) is 57.3 cm³/mol. The summed E-state index contributed by atoms with van der Waals surface area (Å²) in [6.07, 6.45) is -3.05. The zero-order valence-electron chi connectivity index (χ0n) is 8.87. The number of aromatic nitrogens is 1. The van der Waals surface area contributed by atoms with Gasteiger partial charge in [0.15, 0.2) is 0 Å². The zero-order chi connectivity index (χ0) is 13.2. The number of alkyl halides is 3. The van der Waals surface area contributed by atoms with E-state index >= 15 is 0 Å². The highest BCUT2D eigenvalue weighted by atomic mass is 35.5. The van der Waals surface area contributed by atoms with Gasteiger partial charge < -0.3 is 9.15 Å². The van der Waals surface area contributed by atoms with Gasteiger partial charge >= 0.3 is 6.18 Å². The van der Waals surface area contributed by atoms with Crippen molar-refractivity contribution in [1.29, 1.82) is 0 Å². The van der Waals surface area contributed by atoms with Gasteiger partial charge in [0.25, 0.3) is 0 Å². The highest BCUT2D eigenvalue weighted by Gasteiger charge is 2.31. The molecule has 0 bridgehead atoms. The molecule has 0 radical (unpaired) electrons. The Bertz CT molecular complexity index is 526. The Morgan fingerprint density at radius 3 is 2.72 bits per heavy atom. The first-order valence-electron chi connectivity index (χ1n) is 4.85.